The molecule has 0 spiro atoms. The van der Waals surface area contributed by atoms with Gasteiger partial charge in [0.05, 0.1) is 17.9 Å². The third-order valence-corrected chi connectivity index (χ3v) is 2.83. The van der Waals surface area contributed by atoms with Crippen molar-refractivity contribution in [2.75, 3.05) is 0 Å². The predicted octanol–water partition coefficient (Wildman–Crippen LogP) is 0.768. The number of hydrogen-bond donors (Lipinski definition) is 3. The van der Waals surface area contributed by atoms with Gasteiger partial charge in [0, 0.05) is 5.69 Å². The molecule has 0 aliphatic heterocycles. The Morgan fingerprint density at radius 3 is 2.57 bits per heavy atom. The Labute approximate surface area is 123 Å². The second-order valence-electron chi connectivity index (χ2n) is 4.76. The minimum absolute atomic E-state index is 0.0262. The average Bonchev–Trinajstić information content (AvgIpc) is 2.67. The van der Waals surface area contributed by atoms with Crippen molar-refractivity contribution in [1.29, 1.82) is 0 Å². The Morgan fingerprint density at radius 1 is 1.19 bits per heavy atom. The lowest BCUT2D eigenvalue weighted by Crippen LogP contribution is -2.26. The minimum atomic E-state index is -0.116. The molecule has 0 atom stereocenters. The highest BCUT2D eigenvalue weighted by atomic mass is 15.3. The van der Waals surface area contributed by atoms with E-state index in [0.29, 0.717) is 12.2 Å². The lowest BCUT2D eigenvalue weighted by molar-refractivity contribution is 0.659. The Morgan fingerprint density at radius 2 is 1.95 bits per heavy atom. The Kier molecular flexibility index (Phi) is 4.22. The molecule has 0 unspecified atom stereocenters. The van der Waals surface area contributed by atoms with E-state index in [0.717, 1.165) is 17.0 Å². The number of rotatable bonds is 3. The molecule has 0 bridgehead atoms. The third-order valence-electron chi connectivity index (χ3n) is 2.83. The monoisotopic (exact) mass is 285 g/mol. The van der Waals surface area contributed by atoms with Gasteiger partial charge < -0.3 is 17.2 Å². The molecule has 0 radical (unpaired) electrons. The summed E-state index contributed by atoms with van der Waals surface area (Å²) >= 11 is 0. The molecule has 1 aromatic heterocycles. The predicted molar refractivity (Wildman–Crippen MR) is 84.3 cm³/mol. The first-order valence-corrected chi connectivity index (χ1v) is 6.48. The van der Waals surface area contributed by atoms with Crippen LogP contribution in [0.25, 0.3) is 0 Å². The minimum Gasteiger partial charge on any atom is -0.370 e. The average molecular weight is 285 g/mol. The maximum absolute atomic E-state index is 5.62. The molecule has 7 nitrogen and oxygen atoms in total. The lowest BCUT2D eigenvalue weighted by Gasteiger charge is -2.05. The van der Waals surface area contributed by atoms with E-state index in [1.807, 2.05) is 48.9 Å². The molecule has 0 saturated heterocycles. The molecule has 0 aliphatic carbocycles. The van der Waals surface area contributed by atoms with Gasteiger partial charge in [0.2, 0.25) is 5.96 Å². The molecule has 7 heteroatoms. The Hall–Kier alpha value is -2.83. The highest BCUT2D eigenvalue weighted by molar-refractivity contribution is 5.93. The summed E-state index contributed by atoms with van der Waals surface area (Å²) < 4.78 is 1.94. The van der Waals surface area contributed by atoms with Crippen molar-refractivity contribution in [2.24, 2.45) is 27.2 Å². The summed E-state index contributed by atoms with van der Waals surface area (Å²) in [6.45, 7) is 4.67. The molecule has 0 saturated carbocycles. The summed E-state index contributed by atoms with van der Waals surface area (Å²) in [7, 11) is 0. The molecule has 0 amide bonds. The van der Waals surface area contributed by atoms with E-state index in [1.165, 1.54) is 0 Å². The fourth-order valence-corrected chi connectivity index (χ4v) is 2.02. The SMILES string of the molecule is Cc1cc(C)n(Cc2cccc(N=C(N)N=C(N)N)c2)n1. The molecule has 2 aromatic rings. The van der Waals surface area contributed by atoms with Crippen LogP contribution in [-0.2, 0) is 6.54 Å². The summed E-state index contributed by atoms with van der Waals surface area (Å²) in [4.78, 5) is 7.83. The largest absolute Gasteiger partial charge is 0.370 e. The Balaban J connectivity index is 2.22. The van der Waals surface area contributed by atoms with Gasteiger partial charge in [-0.05, 0) is 37.6 Å². The van der Waals surface area contributed by atoms with Crippen LogP contribution >= 0.6 is 0 Å². The number of hydrogen-bond acceptors (Lipinski definition) is 2. The van der Waals surface area contributed by atoms with Crippen LogP contribution in [0, 0.1) is 13.8 Å². The van der Waals surface area contributed by atoms with Crippen LogP contribution in [0.2, 0.25) is 0 Å². The van der Waals surface area contributed by atoms with Crippen LogP contribution in [0.3, 0.4) is 0 Å². The van der Waals surface area contributed by atoms with Crippen LogP contribution in [0.5, 0.6) is 0 Å². The van der Waals surface area contributed by atoms with Gasteiger partial charge in [0.1, 0.15) is 0 Å². The summed E-state index contributed by atoms with van der Waals surface area (Å²) in [6, 6.07) is 9.71. The molecular formula is C14H19N7. The fraction of sp³-hybridized carbons (Fsp3) is 0.214. The Bertz CT molecular complexity index is 693. The number of nitrogens with zero attached hydrogens (tertiary/aromatic N) is 4. The van der Waals surface area contributed by atoms with Crippen molar-refractivity contribution in [3.8, 4) is 0 Å². The van der Waals surface area contributed by atoms with Crippen LogP contribution in [-0.4, -0.2) is 21.7 Å². The number of nitrogens with two attached hydrogens (primary N) is 3. The van der Waals surface area contributed by atoms with Crippen LogP contribution in [0.4, 0.5) is 5.69 Å². The van der Waals surface area contributed by atoms with Crippen molar-refractivity contribution in [3.05, 3.63) is 47.3 Å². The molecule has 1 aromatic carbocycles. The maximum Gasteiger partial charge on any atom is 0.223 e. The van der Waals surface area contributed by atoms with Crippen molar-refractivity contribution in [3.63, 3.8) is 0 Å². The molecule has 21 heavy (non-hydrogen) atoms. The topological polar surface area (TPSA) is 121 Å². The number of aromatic nitrogens is 2. The molecular weight excluding hydrogens is 266 g/mol. The van der Waals surface area contributed by atoms with E-state index in [9.17, 15) is 0 Å². The second-order valence-corrected chi connectivity index (χ2v) is 4.76. The van der Waals surface area contributed by atoms with Crippen molar-refractivity contribution < 1.29 is 0 Å². The van der Waals surface area contributed by atoms with E-state index in [1.54, 1.807) is 0 Å². The number of benzene rings is 1. The van der Waals surface area contributed by atoms with Gasteiger partial charge in [-0.25, -0.2) is 4.99 Å². The van der Waals surface area contributed by atoms with Gasteiger partial charge in [-0.3, -0.25) is 4.68 Å². The highest BCUT2D eigenvalue weighted by Crippen LogP contribution is 2.16. The highest BCUT2D eigenvalue weighted by Gasteiger charge is 2.03. The first-order valence-electron chi connectivity index (χ1n) is 6.48. The fourth-order valence-electron chi connectivity index (χ4n) is 2.02. The van der Waals surface area contributed by atoms with Crippen molar-refractivity contribution in [2.45, 2.75) is 20.4 Å². The zero-order valence-corrected chi connectivity index (χ0v) is 12.1. The second kappa shape index (κ2) is 6.08. The number of aryl methyl sites for hydroxylation is 2. The summed E-state index contributed by atoms with van der Waals surface area (Å²) in [6.07, 6.45) is 0. The van der Waals surface area contributed by atoms with E-state index < -0.39 is 0 Å². The summed E-state index contributed by atoms with van der Waals surface area (Å²) in [5, 5.41) is 4.44. The van der Waals surface area contributed by atoms with Crippen molar-refractivity contribution in [1.82, 2.24) is 9.78 Å². The summed E-state index contributed by atoms with van der Waals surface area (Å²) in [5.74, 6) is -0.0895. The first kappa shape index (κ1) is 14.6. The van der Waals surface area contributed by atoms with Crippen LogP contribution in [0.15, 0.2) is 40.3 Å². The van der Waals surface area contributed by atoms with Gasteiger partial charge in [-0.2, -0.15) is 10.1 Å². The normalized spacial score (nSPS) is 11.4. The molecule has 110 valence electrons. The van der Waals surface area contributed by atoms with E-state index >= 15 is 0 Å². The molecule has 6 N–H and O–H groups in total. The molecule has 0 fully saturated rings. The smallest absolute Gasteiger partial charge is 0.223 e. The van der Waals surface area contributed by atoms with E-state index in [4.69, 9.17) is 17.2 Å². The number of guanidine groups is 2. The zero-order chi connectivity index (χ0) is 15.4. The van der Waals surface area contributed by atoms with Crippen LogP contribution in [0.1, 0.15) is 17.0 Å². The van der Waals surface area contributed by atoms with Gasteiger partial charge in [-0.1, -0.05) is 12.1 Å². The standard InChI is InChI=1S/C14H19N7/c1-9-6-10(2)21(20-9)8-11-4-3-5-12(7-11)18-14(17)19-13(15)16/h3-7H,8H2,1-2H3,(H6,15,16,17,18,19). The quantitative estimate of drug-likeness (QED) is 0.569. The zero-order valence-electron chi connectivity index (χ0n) is 12.1. The maximum atomic E-state index is 5.62. The van der Waals surface area contributed by atoms with Gasteiger partial charge in [0.25, 0.3) is 0 Å². The molecule has 0 aliphatic rings. The summed E-state index contributed by atoms with van der Waals surface area (Å²) in [5.41, 5.74) is 20.0. The van der Waals surface area contributed by atoms with Gasteiger partial charge in [-0.15, -0.1) is 0 Å². The lowest BCUT2D eigenvalue weighted by atomic mass is 10.2. The molecule has 1 heterocycles. The first-order chi connectivity index (χ1) is 9.94. The van der Waals surface area contributed by atoms with Gasteiger partial charge >= 0.3 is 0 Å². The van der Waals surface area contributed by atoms with Crippen LogP contribution < -0.4 is 17.2 Å². The van der Waals surface area contributed by atoms with E-state index in [2.05, 4.69) is 15.1 Å². The van der Waals surface area contributed by atoms with Crippen molar-refractivity contribution >= 4 is 17.6 Å². The van der Waals surface area contributed by atoms with Gasteiger partial charge in [0.15, 0.2) is 5.96 Å². The number of aliphatic imine (C=N–C) groups is 2. The molecule has 2 rings (SSSR count). The van der Waals surface area contributed by atoms with E-state index in [-0.39, 0.29) is 11.9 Å². The third kappa shape index (κ3) is 4.07.